The van der Waals surface area contributed by atoms with Gasteiger partial charge in [0, 0.05) is 0 Å². The summed E-state index contributed by atoms with van der Waals surface area (Å²) < 4.78 is 1.26. The first kappa shape index (κ1) is 21.6. The highest BCUT2D eigenvalue weighted by molar-refractivity contribution is 5.88. The summed E-state index contributed by atoms with van der Waals surface area (Å²) in [5.41, 5.74) is 7.35. The fourth-order valence-corrected chi connectivity index (χ4v) is 3.79. The van der Waals surface area contributed by atoms with Crippen molar-refractivity contribution in [2.24, 2.45) is 0 Å². The lowest BCUT2D eigenvalue weighted by molar-refractivity contribution is -0.384. The Hall–Kier alpha value is -5.19. The van der Waals surface area contributed by atoms with E-state index in [1.54, 1.807) is 24.3 Å². The van der Waals surface area contributed by atoms with E-state index in [2.05, 4.69) is 31.1 Å². The molecule has 0 radical (unpaired) electrons. The Morgan fingerprint density at radius 3 is 2.17 bits per heavy atom. The predicted molar refractivity (Wildman–Crippen MR) is 128 cm³/mol. The number of para-hydroxylation sites is 1. The number of anilines is 1. The van der Waals surface area contributed by atoms with Gasteiger partial charge in [0.2, 0.25) is 17.5 Å². The highest BCUT2D eigenvalue weighted by atomic mass is 16.6. The van der Waals surface area contributed by atoms with Crippen LogP contribution in [-0.4, -0.2) is 35.8 Å². The van der Waals surface area contributed by atoms with E-state index in [0.717, 1.165) is 17.5 Å². The summed E-state index contributed by atoms with van der Waals surface area (Å²) in [7, 11) is 0. The van der Waals surface area contributed by atoms with Gasteiger partial charge in [0.05, 0.1) is 16.4 Å². The van der Waals surface area contributed by atoms with Crippen molar-refractivity contribution in [1.29, 1.82) is 0 Å². The van der Waals surface area contributed by atoms with Crippen LogP contribution in [0.1, 0.15) is 17.0 Å². The molecule has 0 saturated heterocycles. The van der Waals surface area contributed by atoms with E-state index >= 15 is 0 Å². The van der Waals surface area contributed by atoms with Crippen molar-refractivity contribution in [1.82, 2.24) is 30.4 Å². The first-order chi connectivity index (χ1) is 17.1. The fraction of sp³-hybridized carbons (Fsp3) is 0.0417. The van der Waals surface area contributed by atoms with Gasteiger partial charge in [-0.05, 0) is 23.3 Å². The van der Waals surface area contributed by atoms with E-state index < -0.39 is 22.4 Å². The molecule has 0 fully saturated rings. The average Bonchev–Trinajstić information content (AvgIpc) is 3.33. The molecule has 5 rings (SSSR count). The lowest BCUT2D eigenvalue weighted by atomic mass is 9.91. The molecular formula is C24H18N8O3. The summed E-state index contributed by atoms with van der Waals surface area (Å²) in [4.78, 5) is 32.7. The molecule has 0 spiro atoms. The third-order valence-corrected chi connectivity index (χ3v) is 5.37. The van der Waals surface area contributed by atoms with Crippen LogP contribution in [0.15, 0.2) is 91.3 Å². The third kappa shape index (κ3) is 4.25. The van der Waals surface area contributed by atoms with Crippen molar-refractivity contribution in [2.75, 3.05) is 5.43 Å². The number of nitrogens with zero attached hydrogens (tertiary/aromatic N) is 6. The van der Waals surface area contributed by atoms with Gasteiger partial charge < -0.3 is 0 Å². The molecule has 11 heteroatoms. The van der Waals surface area contributed by atoms with E-state index in [9.17, 15) is 14.9 Å². The van der Waals surface area contributed by atoms with Gasteiger partial charge in [-0.3, -0.25) is 25.8 Å². The first-order valence-electron chi connectivity index (χ1n) is 10.6. The van der Waals surface area contributed by atoms with Crippen LogP contribution in [0.4, 0.5) is 11.5 Å². The van der Waals surface area contributed by atoms with Gasteiger partial charge in [-0.1, -0.05) is 78.0 Å². The number of benzene rings is 3. The van der Waals surface area contributed by atoms with Crippen molar-refractivity contribution in [2.45, 2.75) is 5.92 Å². The number of fused-ring (bicyclic) bond motifs is 1. The molecule has 2 N–H and O–H groups in total. The Kier molecular flexibility index (Phi) is 5.78. The number of rotatable bonds is 7. The van der Waals surface area contributed by atoms with Crippen LogP contribution in [-0.2, 0) is 4.79 Å². The van der Waals surface area contributed by atoms with Crippen LogP contribution in [0.3, 0.4) is 0 Å². The monoisotopic (exact) mass is 466 g/mol. The predicted octanol–water partition coefficient (Wildman–Crippen LogP) is 3.39. The minimum absolute atomic E-state index is 0.0851. The normalized spacial score (nSPS) is 10.9. The van der Waals surface area contributed by atoms with Gasteiger partial charge in [-0.15, -0.1) is 5.10 Å². The number of hydrazine groups is 1. The van der Waals surface area contributed by atoms with Crippen LogP contribution in [0.25, 0.3) is 16.9 Å². The van der Waals surface area contributed by atoms with Crippen molar-refractivity contribution in [3.63, 3.8) is 0 Å². The molecule has 0 unspecified atom stereocenters. The molecule has 172 valence electrons. The summed E-state index contributed by atoms with van der Waals surface area (Å²) >= 11 is 0. The number of nitro groups is 1. The Bertz CT molecular complexity index is 1470. The molecule has 0 aliphatic heterocycles. The third-order valence-electron chi connectivity index (χ3n) is 5.37. The summed E-state index contributed by atoms with van der Waals surface area (Å²) in [5.74, 6) is -1.33. The smallest absolute Gasteiger partial charge is 0.276 e. The van der Waals surface area contributed by atoms with E-state index in [0.29, 0.717) is 11.0 Å². The Balaban J connectivity index is 1.48. The van der Waals surface area contributed by atoms with Gasteiger partial charge in [-0.25, -0.2) is 9.97 Å². The number of amides is 1. The van der Waals surface area contributed by atoms with Crippen molar-refractivity contribution in [3.8, 4) is 5.82 Å². The number of carbonyl (C=O) groups is 1. The molecule has 1 amide bonds. The van der Waals surface area contributed by atoms with Crippen LogP contribution in [0.5, 0.6) is 0 Å². The molecule has 0 aliphatic carbocycles. The lowest BCUT2D eigenvalue weighted by Crippen LogP contribution is -2.35. The topological polar surface area (TPSA) is 141 Å². The Morgan fingerprint density at radius 2 is 1.51 bits per heavy atom. The van der Waals surface area contributed by atoms with E-state index in [-0.39, 0.29) is 11.6 Å². The SMILES string of the molecule is O=C(NNc1ncnc(-n2nnc3ccccc32)c1[N+](=O)[O-])C(c1ccccc1)c1ccccc1. The van der Waals surface area contributed by atoms with Gasteiger partial charge in [-0.2, -0.15) is 4.68 Å². The molecule has 5 aromatic rings. The van der Waals surface area contributed by atoms with Crippen molar-refractivity contribution in [3.05, 3.63) is 112 Å². The Labute approximate surface area is 198 Å². The minimum Gasteiger partial charge on any atom is -0.276 e. The summed E-state index contributed by atoms with van der Waals surface area (Å²) in [5, 5.41) is 20.0. The highest BCUT2D eigenvalue weighted by Gasteiger charge is 2.28. The zero-order valence-electron chi connectivity index (χ0n) is 18.1. The molecule has 2 heterocycles. The molecule has 0 aliphatic rings. The number of aromatic nitrogens is 5. The van der Waals surface area contributed by atoms with Gasteiger partial charge >= 0.3 is 5.69 Å². The summed E-state index contributed by atoms with van der Waals surface area (Å²) in [6.07, 6.45) is 1.15. The summed E-state index contributed by atoms with van der Waals surface area (Å²) in [6, 6.07) is 25.5. The average molecular weight is 466 g/mol. The van der Waals surface area contributed by atoms with Crippen molar-refractivity contribution < 1.29 is 9.72 Å². The van der Waals surface area contributed by atoms with Gasteiger partial charge in [0.25, 0.3) is 0 Å². The fourth-order valence-electron chi connectivity index (χ4n) is 3.79. The van der Waals surface area contributed by atoms with Crippen LogP contribution >= 0.6 is 0 Å². The second kappa shape index (κ2) is 9.35. The molecule has 11 nitrogen and oxygen atoms in total. The maximum atomic E-state index is 13.3. The van der Waals surface area contributed by atoms with Crippen molar-refractivity contribution >= 4 is 28.4 Å². The molecule has 0 bridgehead atoms. The standard InChI is InChI=1S/C24H18N8O3/c33-24(20(16-9-3-1-4-10-16)17-11-5-2-6-12-17)29-28-22-21(32(34)35)23(26-15-25-22)31-19-14-8-7-13-18(19)27-30-31/h1-15,20H,(H,29,33)(H,25,26,28). The van der Waals surface area contributed by atoms with E-state index in [1.165, 1.54) is 4.68 Å². The molecule has 35 heavy (non-hydrogen) atoms. The van der Waals surface area contributed by atoms with Crippen LogP contribution < -0.4 is 10.9 Å². The number of hydrogen-bond donors (Lipinski definition) is 2. The van der Waals surface area contributed by atoms with Crippen LogP contribution in [0.2, 0.25) is 0 Å². The largest absolute Gasteiger partial charge is 0.357 e. The maximum Gasteiger partial charge on any atom is 0.357 e. The van der Waals surface area contributed by atoms with Crippen LogP contribution in [0, 0.1) is 10.1 Å². The summed E-state index contributed by atoms with van der Waals surface area (Å²) in [6.45, 7) is 0. The molecule has 2 aromatic heterocycles. The lowest BCUT2D eigenvalue weighted by Gasteiger charge is -2.18. The second-order valence-corrected chi connectivity index (χ2v) is 7.51. The van der Waals surface area contributed by atoms with Gasteiger partial charge in [0.1, 0.15) is 11.8 Å². The zero-order chi connectivity index (χ0) is 24.2. The number of hydrogen-bond acceptors (Lipinski definition) is 8. The van der Waals surface area contributed by atoms with Gasteiger partial charge in [0.15, 0.2) is 0 Å². The number of nitrogens with one attached hydrogen (secondary N) is 2. The molecule has 0 saturated carbocycles. The minimum atomic E-state index is -0.649. The van der Waals surface area contributed by atoms with E-state index in [1.807, 2.05) is 60.7 Å². The Morgan fingerprint density at radius 1 is 0.886 bits per heavy atom. The number of carbonyl (C=O) groups excluding carboxylic acids is 1. The zero-order valence-corrected chi connectivity index (χ0v) is 18.1. The molecule has 3 aromatic carbocycles. The quantitative estimate of drug-likeness (QED) is 0.275. The maximum absolute atomic E-state index is 13.3. The first-order valence-corrected chi connectivity index (χ1v) is 10.6. The molecule has 0 atom stereocenters. The second-order valence-electron chi connectivity index (χ2n) is 7.51. The molecular weight excluding hydrogens is 448 g/mol. The van der Waals surface area contributed by atoms with E-state index in [4.69, 9.17) is 0 Å². The highest BCUT2D eigenvalue weighted by Crippen LogP contribution is 2.29.